The number of furan rings is 1. The number of nitrogens with one attached hydrogen (secondary N) is 1. The van der Waals surface area contributed by atoms with Crippen molar-refractivity contribution in [2.24, 2.45) is 0 Å². The molecule has 7 nitrogen and oxygen atoms in total. The van der Waals surface area contributed by atoms with Gasteiger partial charge in [-0.1, -0.05) is 26.0 Å². The third-order valence-electron chi connectivity index (χ3n) is 4.96. The number of hydrogen-bond donors (Lipinski definition) is 1. The molecule has 3 rings (SSSR count). The molecule has 0 saturated carbocycles. The van der Waals surface area contributed by atoms with Crippen LogP contribution in [0, 0.1) is 12.7 Å². The molecule has 0 aliphatic heterocycles. The van der Waals surface area contributed by atoms with Gasteiger partial charge in [-0.25, -0.2) is 12.8 Å². The standard InChI is InChI=1S/C22H25FN2O5S/c1-5-25(6-2)31(27,28)15-11-12-19(29-7-3)18(13-15)24-22(26)20-14(4)16-9-8-10-17(23)21(16)30-20/h8-13H,5-7H2,1-4H3,(H,24,26). The van der Waals surface area contributed by atoms with Crippen LogP contribution in [0.15, 0.2) is 45.7 Å². The summed E-state index contributed by atoms with van der Waals surface area (Å²) in [4.78, 5) is 13.0. The van der Waals surface area contributed by atoms with E-state index in [0.29, 0.717) is 36.4 Å². The van der Waals surface area contributed by atoms with E-state index in [0.717, 1.165) is 0 Å². The molecule has 0 radical (unpaired) electrons. The molecule has 1 amide bonds. The minimum Gasteiger partial charge on any atom is -0.492 e. The van der Waals surface area contributed by atoms with Crippen molar-refractivity contribution in [3.63, 3.8) is 0 Å². The first-order chi connectivity index (χ1) is 14.7. The number of amides is 1. The van der Waals surface area contributed by atoms with E-state index in [-0.39, 0.29) is 21.9 Å². The van der Waals surface area contributed by atoms with Gasteiger partial charge < -0.3 is 14.5 Å². The van der Waals surface area contributed by atoms with Gasteiger partial charge in [0.2, 0.25) is 10.0 Å². The van der Waals surface area contributed by atoms with Crippen LogP contribution in [0.4, 0.5) is 10.1 Å². The first-order valence-electron chi connectivity index (χ1n) is 10.0. The van der Waals surface area contributed by atoms with Crippen molar-refractivity contribution >= 4 is 32.6 Å². The summed E-state index contributed by atoms with van der Waals surface area (Å²) in [6.45, 7) is 7.89. The van der Waals surface area contributed by atoms with Gasteiger partial charge in [0.25, 0.3) is 5.91 Å². The first kappa shape index (κ1) is 22.8. The summed E-state index contributed by atoms with van der Waals surface area (Å²) in [6.07, 6.45) is 0. The maximum Gasteiger partial charge on any atom is 0.291 e. The van der Waals surface area contributed by atoms with E-state index in [1.165, 1.54) is 34.6 Å². The lowest BCUT2D eigenvalue weighted by molar-refractivity contribution is 0.0997. The van der Waals surface area contributed by atoms with E-state index >= 15 is 0 Å². The molecule has 3 aromatic rings. The number of carbonyl (C=O) groups excluding carboxylic acids is 1. The van der Waals surface area contributed by atoms with Crippen molar-refractivity contribution in [3.05, 3.63) is 53.5 Å². The molecular formula is C22H25FN2O5S. The number of rotatable bonds is 8. The van der Waals surface area contributed by atoms with E-state index in [2.05, 4.69) is 5.32 Å². The van der Waals surface area contributed by atoms with Crippen LogP contribution in [0.5, 0.6) is 5.75 Å². The average Bonchev–Trinajstić information content (AvgIpc) is 3.08. The number of fused-ring (bicyclic) bond motifs is 1. The monoisotopic (exact) mass is 448 g/mol. The molecule has 1 N–H and O–H groups in total. The second kappa shape index (κ2) is 9.07. The minimum absolute atomic E-state index is 0.00644. The Balaban J connectivity index is 2.02. The Kier molecular flexibility index (Phi) is 6.66. The van der Waals surface area contributed by atoms with E-state index < -0.39 is 21.7 Å². The van der Waals surface area contributed by atoms with Crippen LogP contribution in [0.3, 0.4) is 0 Å². The second-order valence-electron chi connectivity index (χ2n) is 6.81. The smallest absolute Gasteiger partial charge is 0.291 e. The molecule has 0 fully saturated rings. The summed E-state index contributed by atoms with van der Waals surface area (Å²) < 4.78 is 52.2. The number of carbonyl (C=O) groups is 1. The number of ether oxygens (including phenoxy) is 1. The molecule has 0 atom stereocenters. The Hall–Kier alpha value is -2.91. The van der Waals surface area contributed by atoms with Crippen LogP contribution in [-0.2, 0) is 10.0 Å². The molecule has 0 saturated heterocycles. The maximum absolute atomic E-state index is 14.0. The zero-order chi connectivity index (χ0) is 22.8. The number of sulfonamides is 1. The first-order valence-corrected chi connectivity index (χ1v) is 11.4. The van der Waals surface area contributed by atoms with Gasteiger partial charge in [-0.2, -0.15) is 4.31 Å². The van der Waals surface area contributed by atoms with E-state index in [1.54, 1.807) is 33.8 Å². The van der Waals surface area contributed by atoms with Crippen LogP contribution >= 0.6 is 0 Å². The van der Waals surface area contributed by atoms with Gasteiger partial charge in [0.15, 0.2) is 17.2 Å². The van der Waals surface area contributed by atoms with Crippen LogP contribution in [0.1, 0.15) is 36.9 Å². The summed E-state index contributed by atoms with van der Waals surface area (Å²) in [6, 6.07) is 8.75. The molecule has 0 spiro atoms. The van der Waals surface area contributed by atoms with Gasteiger partial charge in [-0.05, 0) is 38.1 Å². The lowest BCUT2D eigenvalue weighted by atomic mass is 10.1. The lowest BCUT2D eigenvalue weighted by Crippen LogP contribution is -2.30. The zero-order valence-corrected chi connectivity index (χ0v) is 18.7. The molecule has 0 aliphatic carbocycles. The van der Waals surface area contributed by atoms with Crippen molar-refractivity contribution in [2.75, 3.05) is 25.0 Å². The number of para-hydroxylation sites is 1. The largest absolute Gasteiger partial charge is 0.492 e. The van der Waals surface area contributed by atoms with Gasteiger partial charge in [0.1, 0.15) is 5.75 Å². The Morgan fingerprint density at radius 3 is 2.48 bits per heavy atom. The Labute approximate surface area is 180 Å². The zero-order valence-electron chi connectivity index (χ0n) is 17.9. The van der Waals surface area contributed by atoms with Crippen LogP contribution < -0.4 is 10.1 Å². The Morgan fingerprint density at radius 1 is 1.16 bits per heavy atom. The SMILES string of the molecule is CCOc1ccc(S(=O)(=O)N(CC)CC)cc1NC(=O)c1oc2c(F)cccc2c1C. The summed E-state index contributed by atoms with van der Waals surface area (Å²) >= 11 is 0. The number of nitrogens with zero attached hydrogens (tertiary/aromatic N) is 1. The van der Waals surface area contributed by atoms with Gasteiger partial charge >= 0.3 is 0 Å². The third kappa shape index (κ3) is 4.28. The number of anilines is 1. The number of hydrogen-bond acceptors (Lipinski definition) is 5. The number of halogens is 1. The van der Waals surface area contributed by atoms with Crippen molar-refractivity contribution in [1.29, 1.82) is 0 Å². The van der Waals surface area contributed by atoms with E-state index in [1.807, 2.05) is 0 Å². The van der Waals surface area contributed by atoms with Gasteiger partial charge in [0, 0.05) is 24.0 Å². The minimum atomic E-state index is -3.74. The number of aryl methyl sites for hydroxylation is 1. The predicted octanol–water partition coefficient (Wildman–Crippen LogP) is 4.56. The topological polar surface area (TPSA) is 88.9 Å². The number of benzene rings is 2. The Morgan fingerprint density at radius 2 is 1.87 bits per heavy atom. The van der Waals surface area contributed by atoms with E-state index in [4.69, 9.17) is 9.15 Å². The highest BCUT2D eigenvalue weighted by molar-refractivity contribution is 7.89. The summed E-state index contributed by atoms with van der Waals surface area (Å²) in [5.41, 5.74) is 0.658. The van der Waals surface area contributed by atoms with Gasteiger partial charge in [-0.3, -0.25) is 4.79 Å². The molecule has 31 heavy (non-hydrogen) atoms. The average molecular weight is 449 g/mol. The highest BCUT2D eigenvalue weighted by Crippen LogP contribution is 2.32. The predicted molar refractivity (Wildman–Crippen MR) is 117 cm³/mol. The molecule has 166 valence electrons. The normalized spacial score (nSPS) is 11.8. The van der Waals surface area contributed by atoms with Crippen LogP contribution in [-0.4, -0.2) is 38.3 Å². The second-order valence-corrected chi connectivity index (χ2v) is 8.75. The fraction of sp³-hybridized carbons (Fsp3) is 0.318. The summed E-state index contributed by atoms with van der Waals surface area (Å²) in [5, 5.41) is 3.15. The van der Waals surface area contributed by atoms with Crippen molar-refractivity contribution in [2.45, 2.75) is 32.6 Å². The Bertz CT molecular complexity index is 1220. The van der Waals surface area contributed by atoms with Crippen molar-refractivity contribution < 1.29 is 26.8 Å². The fourth-order valence-electron chi connectivity index (χ4n) is 3.37. The fourth-order valence-corrected chi connectivity index (χ4v) is 4.85. The molecule has 1 aromatic heterocycles. The van der Waals surface area contributed by atoms with Crippen LogP contribution in [0.25, 0.3) is 11.0 Å². The van der Waals surface area contributed by atoms with E-state index in [9.17, 15) is 17.6 Å². The summed E-state index contributed by atoms with van der Waals surface area (Å²) in [5.74, 6) is -0.942. The molecule has 9 heteroatoms. The molecule has 0 bridgehead atoms. The quantitative estimate of drug-likeness (QED) is 0.546. The molecule has 0 aliphatic rings. The molecular weight excluding hydrogens is 423 g/mol. The maximum atomic E-state index is 14.0. The molecule has 2 aromatic carbocycles. The van der Waals surface area contributed by atoms with Crippen molar-refractivity contribution in [1.82, 2.24) is 4.31 Å². The molecule has 0 unspecified atom stereocenters. The van der Waals surface area contributed by atoms with Gasteiger partial charge in [0.05, 0.1) is 17.2 Å². The van der Waals surface area contributed by atoms with Crippen molar-refractivity contribution in [3.8, 4) is 5.75 Å². The molecule has 1 heterocycles. The highest BCUT2D eigenvalue weighted by atomic mass is 32.2. The summed E-state index contributed by atoms with van der Waals surface area (Å²) in [7, 11) is -3.74. The van der Waals surface area contributed by atoms with Gasteiger partial charge in [-0.15, -0.1) is 0 Å². The van der Waals surface area contributed by atoms with Crippen LogP contribution in [0.2, 0.25) is 0 Å². The highest BCUT2D eigenvalue weighted by Gasteiger charge is 2.25. The lowest BCUT2D eigenvalue weighted by Gasteiger charge is -2.20. The third-order valence-corrected chi connectivity index (χ3v) is 7.01.